The summed E-state index contributed by atoms with van der Waals surface area (Å²) in [5.41, 5.74) is 2.77. The number of aromatic carboxylic acids is 1. The third-order valence-corrected chi connectivity index (χ3v) is 11.5. The van der Waals surface area contributed by atoms with Crippen molar-refractivity contribution in [1.82, 2.24) is 19.4 Å². The molecule has 3 N–H and O–H groups in total. The second-order valence-electron chi connectivity index (χ2n) is 14.0. The van der Waals surface area contributed by atoms with Crippen LogP contribution < -0.4 is 21.0 Å². The number of carbonyl (C=O) groups is 3. The molecule has 3 aromatic heterocycles. The average molecular weight is 856 g/mol. The summed E-state index contributed by atoms with van der Waals surface area (Å²) in [6.45, 7) is 2.26. The SMILES string of the molecule is Cc1c(Cl)c(C(F)(F)F)nn1CC(=O)Nn1c(C)nc2sc3c(c2c1=O)CC[C@H](Cc1cccc(Oc2cccc(/C=C(\C#N)C(=O)Nc4ccccc4C(=O)O)c2)c1)C3. The number of anilines is 1. The molecule has 6 aromatic rings. The van der Waals surface area contributed by atoms with Crippen molar-refractivity contribution in [2.24, 2.45) is 5.92 Å². The van der Waals surface area contributed by atoms with E-state index in [0.29, 0.717) is 40.1 Å². The monoisotopic (exact) mass is 855 g/mol. The lowest BCUT2D eigenvalue weighted by Gasteiger charge is -2.22. The summed E-state index contributed by atoms with van der Waals surface area (Å²) < 4.78 is 47.9. The Kier molecular flexibility index (Phi) is 11.6. The molecule has 3 heterocycles. The maximum absolute atomic E-state index is 13.8. The molecular weight excluding hydrogens is 823 g/mol. The number of hydrogen-bond acceptors (Lipinski definition) is 9. The van der Waals surface area contributed by atoms with Crippen LogP contribution in [0.3, 0.4) is 0 Å². The highest BCUT2D eigenvalue weighted by molar-refractivity contribution is 7.18. The summed E-state index contributed by atoms with van der Waals surface area (Å²) in [5, 5.41) is 24.9. The van der Waals surface area contributed by atoms with Gasteiger partial charge in [0, 0.05) is 4.88 Å². The molecule has 3 aromatic carbocycles. The molecule has 0 unspecified atom stereocenters. The third-order valence-electron chi connectivity index (χ3n) is 9.88. The molecule has 306 valence electrons. The van der Waals surface area contributed by atoms with Gasteiger partial charge in [0.15, 0.2) is 5.69 Å². The third kappa shape index (κ3) is 8.79. The maximum Gasteiger partial charge on any atom is 0.436 e. The number of thiophene rings is 1. The molecule has 0 saturated carbocycles. The standard InChI is InChI=1S/C42H33ClF3N7O6S/c1-22-36(43)37(42(44,45)46)51-52(22)21-34(54)50-53-23(2)48-39-35(40(53)56)31-14-13-26(19-33(31)60-39)15-24-7-5-9-28(17-24)59-29-10-6-8-25(18-29)16-27(20-47)38(55)49-32-12-4-3-11-30(32)41(57)58/h3-12,16-18,26H,13-15,19,21H2,1-2H3,(H,49,55)(H,50,54)(H,57,58)/b27-16+/t26-/m1/s1. The number of hydrogen-bond donors (Lipinski definition) is 3. The molecule has 1 aliphatic carbocycles. The van der Waals surface area contributed by atoms with E-state index in [-0.39, 0.29) is 34.3 Å². The maximum atomic E-state index is 13.8. The Morgan fingerprint density at radius 3 is 2.53 bits per heavy atom. The van der Waals surface area contributed by atoms with Crippen molar-refractivity contribution >= 4 is 62.7 Å². The van der Waals surface area contributed by atoms with Gasteiger partial charge in [-0.1, -0.05) is 48.0 Å². The first-order chi connectivity index (χ1) is 28.6. The van der Waals surface area contributed by atoms with Gasteiger partial charge in [0.2, 0.25) is 0 Å². The highest BCUT2D eigenvalue weighted by Gasteiger charge is 2.38. The first-order valence-corrected chi connectivity index (χ1v) is 19.5. The summed E-state index contributed by atoms with van der Waals surface area (Å²) in [7, 11) is 0. The number of para-hydroxylation sites is 1. The second kappa shape index (κ2) is 16.8. The summed E-state index contributed by atoms with van der Waals surface area (Å²) in [5.74, 6) is -1.29. The molecule has 7 rings (SSSR count). The van der Waals surface area contributed by atoms with Gasteiger partial charge >= 0.3 is 12.1 Å². The number of carbonyl (C=O) groups excluding carboxylic acids is 2. The van der Waals surface area contributed by atoms with Gasteiger partial charge in [0.1, 0.15) is 40.3 Å². The summed E-state index contributed by atoms with van der Waals surface area (Å²) in [6, 6.07) is 22.2. The molecule has 0 saturated heterocycles. The number of aryl methyl sites for hydroxylation is 2. The van der Waals surface area contributed by atoms with Crippen molar-refractivity contribution in [2.75, 3.05) is 10.7 Å². The molecule has 0 fully saturated rings. The van der Waals surface area contributed by atoms with Gasteiger partial charge in [-0.15, -0.1) is 11.3 Å². The van der Waals surface area contributed by atoms with Crippen LogP contribution in [0.5, 0.6) is 11.5 Å². The van der Waals surface area contributed by atoms with Gasteiger partial charge in [0.25, 0.3) is 17.4 Å². The Morgan fingerprint density at radius 2 is 1.82 bits per heavy atom. The van der Waals surface area contributed by atoms with Crippen LogP contribution in [0.25, 0.3) is 16.3 Å². The molecule has 1 atom stereocenters. The van der Waals surface area contributed by atoms with E-state index >= 15 is 0 Å². The summed E-state index contributed by atoms with van der Waals surface area (Å²) in [6.07, 6.45) is -0.626. The van der Waals surface area contributed by atoms with Crippen LogP contribution >= 0.6 is 22.9 Å². The average Bonchev–Trinajstić information content (AvgIpc) is 3.70. The van der Waals surface area contributed by atoms with Crippen LogP contribution in [-0.4, -0.2) is 42.3 Å². The lowest BCUT2D eigenvalue weighted by Crippen LogP contribution is -2.37. The number of benzene rings is 3. The zero-order valence-electron chi connectivity index (χ0n) is 31.8. The Morgan fingerprint density at radius 1 is 1.08 bits per heavy atom. The first-order valence-electron chi connectivity index (χ1n) is 18.4. The molecule has 13 nitrogen and oxygen atoms in total. The van der Waals surface area contributed by atoms with Crippen molar-refractivity contribution < 1.29 is 37.4 Å². The number of nitrogens with zero attached hydrogens (tertiary/aromatic N) is 5. The van der Waals surface area contributed by atoms with Crippen LogP contribution in [0, 0.1) is 31.1 Å². The smallest absolute Gasteiger partial charge is 0.436 e. The van der Waals surface area contributed by atoms with Crippen LogP contribution in [-0.2, 0) is 41.6 Å². The zero-order chi connectivity index (χ0) is 42.9. The van der Waals surface area contributed by atoms with Gasteiger partial charge in [-0.3, -0.25) is 24.5 Å². The highest BCUT2D eigenvalue weighted by atomic mass is 35.5. The molecule has 1 aliphatic rings. The fraction of sp³-hybridized carbons (Fsp3) is 0.214. The van der Waals surface area contributed by atoms with E-state index in [2.05, 4.69) is 20.8 Å². The van der Waals surface area contributed by atoms with Crippen molar-refractivity contribution in [1.29, 1.82) is 5.26 Å². The summed E-state index contributed by atoms with van der Waals surface area (Å²) >= 11 is 7.25. The molecule has 0 radical (unpaired) electrons. The Bertz CT molecular complexity index is 2840. The van der Waals surface area contributed by atoms with Gasteiger partial charge < -0.3 is 15.2 Å². The van der Waals surface area contributed by atoms with Crippen molar-refractivity contribution in [2.45, 2.75) is 52.3 Å². The first kappa shape index (κ1) is 41.4. The normalized spacial score (nSPS) is 14.0. The minimum Gasteiger partial charge on any atom is -0.478 e. The Hall–Kier alpha value is -6.77. The van der Waals surface area contributed by atoms with Gasteiger partial charge in [-0.05, 0) is 105 Å². The van der Waals surface area contributed by atoms with E-state index in [4.69, 9.17) is 16.3 Å². The van der Waals surface area contributed by atoms with Gasteiger partial charge in [0.05, 0.1) is 27.4 Å². The Balaban J connectivity index is 1.01. The van der Waals surface area contributed by atoms with Crippen LogP contribution in [0.4, 0.5) is 18.9 Å². The number of aromatic nitrogens is 4. The van der Waals surface area contributed by atoms with Crippen LogP contribution in [0.2, 0.25) is 5.02 Å². The summed E-state index contributed by atoms with van der Waals surface area (Å²) in [4.78, 5) is 57.3. The number of carboxylic acid groups (broad SMARTS) is 1. The molecule has 0 bridgehead atoms. The van der Waals surface area contributed by atoms with Crippen molar-refractivity contribution in [3.63, 3.8) is 0 Å². The van der Waals surface area contributed by atoms with E-state index in [1.54, 1.807) is 37.3 Å². The predicted octanol–water partition coefficient (Wildman–Crippen LogP) is 8.10. The molecule has 60 heavy (non-hydrogen) atoms. The topological polar surface area (TPSA) is 181 Å². The largest absolute Gasteiger partial charge is 0.478 e. The number of rotatable bonds is 11. The minimum absolute atomic E-state index is 0.0444. The van der Waals surface area contributed by atoms with Gasteiger partial charge in [-0.25, -0.2) is 14.5 Å². The van der Waals surface area contributed by atoms with E-state index in [1.165, 1.54) is 42.5 Å². The molecule has 0 aliphatic heterocycles. The fourth-order valence-corrected chi connectivity index (χ4v) is 8.63. The number of halogens is 4. The lowest BCUT2D eigenvalue weighted by molar-refractivity contribution is -0.141. The lowest BCUT2D eigenvalue weighted by atomic mass is 9.84. The van der Waals surface area contributed by atoms with Crippen molar-refractivity contribution in [3.05, 3.63) is 138 Å². The number of ether oxygens (including phenoxy) is 1. The van der Waals surface area contributed by atoms with E-state index in [1.807, 2.05) is 30.3 Å². The highest BCUT2D eigenvalue weighted by Crippen LogP contribution is 2.38. The number of nitriles is 1. The quantitative estimate of drug-likeness (QED) is 0.0857. The number of fused-ring (bicyclic) bond motifs is 3. The molecule has 2 amide bonds. The van der Waals surface area contributed by atoms with E-state index < -0.39 is 46.8 Å². The van der Waals surface area contributed by atoms with Gasteiger partial charge in [-0.2, -0.15) is 23.5 Å². The number of alkyl halides is 3. The van der Waals surface area contributed by atoms with Crippen LogP contribution in [0.1, 0.15) is 55.6 Å². The van der Waals surface area contributed by atoms with E-state index in [9.17, 15) is 42.7 Å². The predicted molar refractivity (Wildman–Crippen MR) is 218 cm³/mol. The number of nitrogens with one attached hydrogen (secondary N) is 2. The molecular formula is C42H33ClF3N7O6S. The Labute approximate surface area is 348 Å². The van der Waals surface area contributed by atoms with E-state index in [0.717, 1.165) is 38.2 Å². The fourth-order valence-electron chi connectivity index (χ4n) is 7.01. The molecule has 18 heteroatoms. The minimum atomic E-state index is -4.80. The van der Waals surface area contributed by atoms with Crippen molar-refractivity contribution in [3.8, 4) is 17.6 Å². The second-order valence-corrected chi connectivity index (χ2v) is 15.5. The van der Waals surface area contributed by atoms with Crippen LogP contribution in [0.15, 0.2) is 83.2 Å². The number of amides is 2. The number of carboxylic acids is 1. The molecule has 0 spiro atoms. The zero-order valence-corrected chi connectivity index (χ0v) is 33.3.